The van der Waals surface area contributed by atoms with E-state index in [0.717, 1.165) is 31.3 Å². The Morgan fingerprint density at radius 1 is 0.593 bits per heavy atom. The van der Waals surface area contributed by atoms with Crippen molar-refractivity contribution < 1.29 is 51.9 Å². The number of ether oxygens (including phenoxy) is 7. The van der Waals surface area contributed by atoms with Gasteiger partial charge < -0.3 is 33.2 Å². The molecule has 0 fully saturated rings. The highest BCUT2D eigenvalue weighted by atomic mass is 19.1. The quantitative estimate of drug-likeness (QED) is 0.0352. The first kappa shape index (κ1) is 41.1. The van der Waals surface area contributed by atoms with Gasteiger partial charge in [-0.05, 0) is 75.2 Å². The molecule has 0 aliphatic carbocycles. The summed E-state index contributed by atoms with van der Waals surface area (Å²) in [5, 5.41) is 0. The van der Waals surface area contributed by atoms with Crippen LogP contribution in [0.3, 0.4) is 0 Å². The fraction of sp³-hybridized carbons (Fsp3) is 0.0930. The summed E-state index contributed by atoms with van der Waals surface area (Å²) in [7, 11) is 0. The van der Waals surface area contributed by atoms with Crippen molar-refractivity contribution in [3.63, 3.8) is 0 Å². The highest BCUT2D eigenvalue weighted by Gasteiger charge is 2.23. The molecule has 3 rings (SSSR count). The van der Waals surface area contributed by atoms with E-state index in [9.17, 15) is 14.4 Å². The van der Waals surface area contributed by atoms with Crippen LogP contribution in [0.4, 0.5) is 4.39 Å². The molecule has 0 amide bonds. The topological polar surface area (TPSA) is 116 Å². The summed E-state index contributed by atoms with van der Waals surface area (Å²) in [6.07, 6.45) is 6.73. The minimum atomic E-state index is -0.919. The zero-order valence-electron chi connectivity index (χ0n) is 30.2. The molecule has 0 N–H and O–H groups in total. The van der Waals surface area contributed by atoms with Gasteiger partial charge in [-0.15, -0.1) is 0 Å². The third-order valence-corrected chi connectivity index (χ3v) is 6.57. The number of halogens is 1. The van der Waals surface area contributed by atoms with Gasteiger partial charge in [-0.1, -0.05) is 56.9 Å². The first-order valence-corrected chi connectivity index (χ1v) is 15.8. The first-order chi connectivity index (χ1) is 25.7. The predicted molar refractivity (Wildman–Crippen MR) is 201 cm³/mol. The highest BCUT2D eigenvalue weighted by Crippen LogP contribution is 2.41. The largest absolute Gasteiger partial charge is 0.462 e. The maximum atomic E-state index is 16.7. The Hall–Kier alpha value is -7.32. The molecule has 3 aromatic carbocycles. The number of benzene rings is 3. The standard InChI is InChI=1S/C43H37FO10/c1-27(2)31(9)48-20-23-51-40-34(13-10-32-11-16-35(17-12-32)49-21-24-52-41(45)28(3)4)26-37(54-43(47)30(7)8)38(39(40)44)33-14-18-36(19-15-33)50-22-25-53-42(46)29(5)6/h11-12,14-26H,1,3,5,7,9H2,2,4,6,8H3. The van der Waals surface area contributed by atoms with Crippen molar-refractivity contribution in [3.8, 4) is 46.0 Å². The van der Waals surface area contributed by atoms with Gasteiger partial charge in [-0.3, -0.25) is 0 Å². The van der Waals surface area contributed by atoms with Crippen LogP contribution >= 0.6 is 0 Å². The van der Waals surface area contributed by atoms with Gasteiger partial charge >= 0.3 is 17.9 Å². The smallest absolute Gasteiger partial charge is 0.338 e. The lowest BCUT2D eigenvalue weighted by atomic mass is 10.00. The molecule has 0 atom stereocenters. The number of carbonyl (C=O) groups is 3. The van der Waals surface area contributed by atoms with Crippen molar-refractivity contribution in [1.82, 2.24) is 0 Å². The summed E-state index contributed by atoms with van der Waals surface area (Å²) in [5.74, 6) is 3.39. The average Bonchev–Trinajstić information content (AvgIpc) is 3.13. The molecule has 276 valence electrons. The van der Waals surface area contributed by atoms with E-state index in [1.165, 1.54) is 57.4 Å². The van der Waals surface area contributed by atoms with Gasteiger partial charge in [0.15, 0.2) is 11.6 Å². The summed E-state index contributed by atoms with van der Waals surface area (Å²) in [6.45, 7) is 24.3. The Kier molecular flexibility index (Phi) is 15.2. The molecule has 0 radical (unpaired) electrons. The fourth-order valence-electron chi connectivity index (χ4n) is 3.71. The van der Waals surface area contributed by atoms with Gasteiger partial charge in [0.25, 0.3) is 0 Å². The lowest BCUT2D eigenvalue weighted by molar-refractivity contribution is -0.134. The van der Waals surface area contributed by atoms with E-state index < -0.39 is 23.7 Å². The van der Waals surface area contributed by atoms with E-state index in [1.807, 2.05) is 0 Å². The third-order valence-electron chi connectivity index (χ3n) is 6.57. The summed E-state index contributed by atoms with van der Waals surface area (Å²) < 4.78 is 54.0. The van der Waals surface area contributed by atoms with Crippen LogP contribution < -0.4 is 18.9 Å². The third kappa shape index (κ3) is 12.5. The molecule has 10 nitrogen and oxygen atoms in total. The van der Waals surface area contributed by atoms with Crippen LogP contribution in [0.25, 0.3) is 11.1 Å². The molecule has 54 heavy (non-hydrogen) atoms. The second kappa shape index (κ2) is 19.9. The molecule has 11 heteroatoms. The fourth-order valence-corrected chi connectivity index (χ4v) is 3.71. The Morgan fingerprint density at radius 3 is 1.57 bits per heavy atom. The molecule has 3 aromatic rings. The zero-order valence-corrected chi connectivity index (χ0v) is 30.2. The van der Waals surface area contributed by atoms with Crippen LogP contribution in [0.15, 0.2) is 153 Å². The van der Waals surface area contributed by atoms with Crippen LogP contribution in [-0.2, 0) is 28.6 Å². The van der Waals surface area contributed by atoms with Crippen molar-refractivity contribution in [3.05, 3.63) is 170 Å². The summed E-state index contributed by atoms with van der Waals surface area (Å²) >= 11 is 0. The van der Waals surface area contributed by atoms with E-state index in [1.54, 1.807) is 31.2 Å². The van der Waals surface area contributed by atoms with Gasteiger partial charge in [-0.2, -0.15) is 0 Å². The van der Waals surface area contributed by atoms with Gasteiger partial charge in [0, 0.05) is 28.3 Å². The van der Waals surface area contributed by atoms with Crippen molar-refractivity contribution in [2.75, 3.05) is 0 Å². The first-order valence-electron chi connectivity index (χ1n) is 15.8. The van der Waals surface area contributed by atoms with Crippen LogP contribution in [0.5, 0.6) is 23.0 Å². The minimum Gasteiger partial charge on any atom is -0.462 e. The number of carbonyl (C=O) groups excluding carboxylic acids is 3. The molecule has 0 bridgehead atoms. The minimum absolute atomic E-state index is 0.0149. The average molecular weight is 733 g/mol. The van der Waals surface area contributed by atoms with Gasteiger partial charge in [0.1, 0.15) is 60.6 Å². The number of esters is 3. The van der Waals surface area contributed by atoms with E-state index >= 15 is 4.39 Å². The number of allylic oxidation sites excluding steroid dienone is 1. The van der Waals surface area contributed by atoms with Crippen LogP contribution in [0, 0.1) is 17.7 Å². The van der Waals surface area contributed by atoms with Crippen molar-refractivity contribution in [2.24, 2.45) is 0 Å². The summed E-state index contributed by atoms with van der Waals surface area (Å²) in [6, 6.07) is 14.0. The Labute approximate surface area is 313 Å². The molecule has 0 heterocycles. The monoisotopic (exact) mass is 732 g/mol. The zero-order chi connectivity index (χ0) is 39.8. The number of rotatable bonds is 16. The van der Waals surface area contributed by atoms with Crippen LogP contribution in [-0.4, -0.2) is 17.9 Å². The second-order valence-corrected chi connectivity index (χ2v) is 11.3. The Balaban J connectivity index is 2.04. The van der Waals surface area contributed by atoms with E-state index in [-0.39, 0.29) is 50.7 Å². The van der Waals surface area contributed by atoms with Gasteiger partial charge in [0.2, 0.25) is 0 Å². The van der Waals surface area contributed by atoms with Crippen molar-refractivity contribution in [2.45, 2.75) is 27.7 Å². The van der Waals surface area contributed by atoms with E-state index in [0.29, 0.717) is 22.6 Å². The lowest BCUT2D eigenvalue weighted by Crippen LogP contribution is -2.10. The molecule has 0 saturated carbocycles. The molecule has 0 aromatic heterocycles. The maximum Gasteiger partial charge on any atom is 0.338 e. The molecular formula is C43H37FO10. The van der Waals surface area contributed by atoms with Crippen LogP contribution in [0.2, 0.25) is 0 Å². The maximum absolute atomic E-state index is 16.7. The Morgan fingerprint density at radius 2 is 1.07 bits per heavy atom. The highest BCUT2D eigenvalue weighted by molar-refractivity contribution is 5.91. The Bertz CT molecular complexity index is 2120. The summed E-state index contributed by atoms with van der Waals surface area (Å²) in [4.78, 5) is 35.8. The van der Waals surface area contributed by atoms with Gasteiger partial charge in [0.05, 0.1) is 11.1 Å². The number of hydrogen-bond donors (Lipinski definition) is 0. The van der Waals surface area contributed by atoms with Crippen molar-refractivity contribution >= 4 is 17.9 Å². The lowest BCUT2D eigenvalue weighted by Gasteiger charge is -2.16. The molecule has 0 aliphatic rings. The van der Waals surface area contributed by atoms with Crippen LogP contribution in [0.1, 0.15) is 38.8 Å². The molecule has 0 aliphatic heterocycles. The molecule has 0 spiro atoms. The van der Waals surface area contributed by atoms with E-state index in [2.05, 4.69) is 44.7 Å². The van der Waals surface area contributed by atoms with E-state index in [4.69, 9.17) is 33.2 Å². The predicted octanol–water partition coefficient (Wildman–Crippen LogP) is 9.27. The summed E-state index contributed by atoms with van der Waals surface area (Å²) in [5.41, 5.74) is 1.76. The normalized spacial score (nSPS) is 10.5. The SMILES string of the molecule is C=C(C)C(=C)OC=COc1c(C#Cc2ccc(OC=COC(=O)C(=C)C)cc2)cc(OC(=O)C(=C)C)c(-c2ccc(OC=COC(=O)C(=C)C)cc2)c1F. The van der Waals surface area contributed by atoms with Gasteiger partial charge in [-0.25, -0.2) is 18.8 Å². The molecular weight excluding hydrogens is 695 g/mol. The number of hydrogen-bond acceptors (Lipinski definition) is 10. The molecule has 0 unspecified atom stereocenters. The second-order valence-electron chi connectivity index (χ2n) is 11.3. The van der Waals surface area contributed by atoms with Crippen molar-refractivity contribution in [1.29, 1.82) is 0 Å². The molecule has 0 saturated heterocycles.